The molecule has 1 aromatic carbocycles. The first-order valence-corrected chi connectivity index (χ1v) is 6.10. The summed E-state index contributed by atoms with van der Waals surface area (Å²) in [5.41, 5.74) is 1.86. The molecular weight excluding hydrogens is 242 g/mol. The molecule has 0 aromatic heterocycles. The summed E-state index contributed by atoms with van der Waals surface area (Å²) in [5.74, 6) is 0. The van der Waals surface area contributed by atoms with E-state index in [4.69, 9.17) is 0 Å². The van der Waals surface area contributed by atoms with E-state index < -0.39 is 11.4 Å². The molecule has 1 unspecified atom stereocenters. The number of thioether (sulfide) groups is 1. The van der Waals surface area contributed by atoms with Crippen LogP contribution in [0.5, 0.6) is 0 Å². The summed E-state index contributed by atoms with van der Waals surface area (Å²) in [6, 6.07) is 7.46. The van der Waals surface area contributed by atoms with E-state index in [9.17, 15) is 8.78 Å². The maximum atomic E-state index is 13.7. The molecule has 0 radical (unpaired) electrons. The molecule has 0 saturated heterocycles. The lowest BCUT2D eigenvalue weighted by molar-refractivity contribution is 0.0244. The van der Waals surface area contributed by atoms with Gasteiger partial charge in [-0.15, -0.1) is 0 Å². The first kappa shape index (κ1) is 12.5. The lowest BCUT2D eigenvalue weighted by atomic mass is 10.2. The van der Waals surface area contributed by atoms with E-state index in [-0.39, 0.29) is 0 Å². The van der Waals surface area contributed by atoms with Gasteiger partial charge in [0.05, 0.1) is 0 Å². The third-order valence-electron chi connectivity index (χ3n) is 2.56. The SMILES string of the molecule is Cc1ccc(C2=NC(N(C)C)C(F)(F)S2)cc1. The fourth-order valence-corrected chi connectivity index (χ4v) is 2.67. The Balaban J connectivity index is 2.30. The van der Waals surface area contributed by atoms with Gasteiger partial charge in [0.25, 0.3) is 0 Å². The molecule has 0 fully saturated rings. The van der Waals surface area contributed by atoms with Crippen molar-refractivity contribution in [3.63, 3.8) is 0 Å². The zero-order chi connectivity index (χ0) is 12.6. The summed E-state index contributed by atoms with van der Waals surface area (Å²) >= 11 is 0.538. The van der Waals surface area contributed by atoms with Crippen molar-refractivity contribution in [3.8, 4) is 0 Å². The van der Waals surface area contributed by atoms with Crippen LogP contribution >= 0.6 is 11.8 Å². The number of hydrogen-bond donors (Lipinski definition) is 0. The highest BCUT2D eigenvalue weighted by Gasteiger charge is 2.48. The Morgan fingerprint density at radius 1 is 1.24 bits per heavy atom. The molecule has 1 aliphatic heterocycles. The topological polar surface area (TPSA) is 15.6 Å². The predicted octanol–water partition coefficient (Wildman–Crippen LogP) is 2.97. The molecule has 0 amide bonds. The van der Waals surface area contributed by atoms with Gasteiger partial charge in [-0.1, -0.05) is 29.8 Å². The summed E-state index contributed by atoms with van der Waals surface area (Å²) in [6.45, 7) is 1.96. The van der Waals surface area contributed by atoms with Crippen LogP contribution in [-0.4, -0.2) is 35.5 Å². The van der Waals surface area contributed by atoms with Crippen LogP contribution in [-0.2, 0) is 0 Å². The minimum Gasteiger partial charge on any atom is -0.282 e. The Hall–Kier alpha value is -0.940. The molecule has 5 heteroatoms. The summed E-state index contributed by atoms with van der Waals surface area (Å²) in [5, 5.41) is -2.45. The van der Waals surface area contributed by atoms with Crippen molar-refractivity contribution in [2.45, 2.75) is 18.3 Å². The Morgan fingerprint density at radius 2 is 1.82 bits per heavy atom. The van der Waals surface area contributed by atoms with Crippen molar-refractivity contribution in [2.24, 2.45) is 4.99 Å². The van der Waals surface area contributed by atoms with Crippen LogP contribution in [0, 0.1) is 6.92 Å². The van der Waals surface area contributed by atoms with Crippen LogP contribution in [0.25, 0.3) is 0 Å². The molecule has 2 rings (SSSR count). The van der Waals surface area contributed by atoms with Crippen LogP contribution in [0.4, 0.5) is 8.78 Å². The molecule has 17 heavy (non-hydrogen) atoms. The number of aliphatic imine (C=N–C) groups is 1. The van der Waals surface area contributed by atoms with E-state index in [1.165, 1.54) is 4.90 Å². The average molecular weight is 256 g/mol. The lowest BCUT2D eigenvalue weighted by Crippen LogP contribution is -2.37. The third kappa shape index (κ3) is 2.50. The van der Waals surface area contributed by atoms with Gasteiger partial charge in [0, 0.05) is 5.56 Å². The van der Waals surface area contributed by atoms with Crippen molar-refractivity contribution >= 4 is 16.8 Å². The van der Waals surface area contributed by atoms with E-state index in [0.717, 1.165) is 11.1 Å². The molecule has 1 heterocycles. The highest BCUT2D eigenvalue weighted by atomic mass is 32.2. The van der Waals surface area contributed by atoms with Gasteiger partial charge in [-0.3, -0.25) is 9.89 Å². The van der Waals surface area contributed by atoms with Crippen molar-refractivity contribution in [3.05, 3.63) is 35.4 Å². The number of rotatable bonds is 2. The van der Waals surface area contributed by atoms with Crippen molar-refractivity contribution in [1.82, 2.24) is 4.90 Å². The molecular formula is C12H14F2N2S. The highest BCUT2D eigenvalue weighted by Crippen LogP contribution is 2.43. The summed E-state index contributed by atoms with van der Waals surface area (Å²) in [6.07, 6.45) is -1.08. The standard InChI is InChI=1S/C12H14F2N2S/c1-8-4-6-9(7-5-8)10-15-11(16(2)3)12(13,14)17-10/h4-7,11H,1-3H3. The first-order chi connectivity index (χ1) is 7.90. The largest absolute Gasteiger partial charge is 0.334 e. The minimum absolute atomic E-state index is 0.411. The fraction of sp³-hybridized carbons (Fsp3) is 0.417. The Kier molecular flexibility index (Phi) is 3.23. The highest BCUT2D eigenvalue weighted by molar-refractivity contribution is 8.15. The molecule has 0 spiro atoms. The number of benzene rings is 1. The van der Waals surface area contributed by atoms with Gasteiger partial charge in [-0.2, -0.15) is 8.78 Å². The molecule has 1 atom stereocenters. The molecule has 92 valence electrons. The quantitative estimate of drug-likeness (QED) is 0.808. The van der Waals surface area contributed by atoms with Gasteiger partial charge in [0.15, 0.2) is 6.17 Å². The van der Waals surface area contributed by atoms with Crippen molar-refractivity contribution < 1.29 is 8.78 Å². The second-order valence-corrected chi connectivity index (χ2v) is 5.44. The second kappa shape index (κ2) is 4.38. The van der Waals surface area contributed by atoms with Crippen LogP contribution in [0.15, 0.2) is 29.3 Å². The maximum absolute atomic E-state index is 13.7. The van der Waals surface area contributed by atoms with Crippen LogP contribution < -0.4 is 0 Å². The summed E-state index contributed by atoms with van der Waals surface area (Å²) in [4.78, 5) is 5.53. The van der Waals surface area contributed by atoms with Crippen LogP contribution in [0.2, 0.25) is 0 Å². The molecule has 2 nitrogen and oxygen atoms in total. The predicted molar refractivity (Wildman–Crippen MR) is 67.7 cm³/mol. The van der Waals surface area contributed by atoms with E-state index in [1.54, 1.807) is 14.1 Å². The minimum atomic E-state index is -2.86. The Bertz CT molecular complexity index is 440. The van der Waals surface area contributed by atoms with E-state index >= 15 is 0 Å². The van der Waals surface area contributed by atoms with Crippen LogP contribution in [0.1, 0.15) is 11.1 Å². The Labute approximate surface area is 104 Å². The second-order valence-electron chi connectivity index (χ2n) is 4.30. The molecule has 0 N–H and O–H groups in total. The number of halogens is 2. The smallest absolute Gasteiger partial charge is 0.282 e. The number of alkyl halides is 2. The zero-order valence-electron chi connectivity index (χ0n) is 9.95. The molecule has 0 bridgehead atoms. The molecule has 0 aliphatic carbocycles. The number of hydrogen-bond acceptors (Lipinski definition) is 3. The third-order valence-corrected chi connectivity index (χ3v) is 3.58. The zero-order valence-corrected chi connectivity index (χ0v) is 10.8. The maximum Gasteiger partial charge on any atom is 0.334 e. The summed E-state index contributed by atoms with van der Waals surface area (Å²) < 4.78 is 27.4. The molecule has 1 aliphatic rings. The molecule has 0 saturated carbocycles. The first-order valence-electron chi connectivity index (χ1n) is 5.28. The van der Waals surface area contributed by atoms with Gasteiger partial charge in [0.2, 0.25) is 0 Å². The average Bonchev–Trinajstić information content (AvgIpc) is 2.55. The van der Waals surface area contributed by atoms with Crippen molar-refractivity contribution in [1.29, 1.82) is 0 Å². The van der Waals surface area contributed by atoms with Gasteiger partial charge < -0.3 is 0 Å². The van der Waals surface area contributed by atoms with Gasteiger partial charge in [-0.05, 0) is 32.8 Å². The fourth-order valence-electron chi connectivity index (χ4n) is 1.64. The van der Waals surface area contributed by atoms with Crippen LogP contribution in [0.3, 0.4) is 0 Å². The van der Waals surface area contributed by atoms with E-state index in [1.807, 2.05) is 31.2 Å². The van der Waals surface area contributed by atoms with Gasteiger partial charge in [0.1, 0.15) is 5.04 Å². The normalized spacial score (nSPS) is 22.9. The monoisotopic (exact) mass is 256 g/mol. The van der Waals surface area contributed by atoms with Gasteiger partial charge in [-0.25, -0.2) is 0 Å². The summed E-state index contributed by atoms with van der Waals surface area (Å²) in [7, 11) is 3.22. The molecule has 1 aromatic rings. The lowest BCUT2D eigenvalue weighted by Gasteiger charge is -2.21. The van der Waals surface area contributed by atoms with Crippen molar-refractivity contribution in [2.75, 3.05) is 14.1 Å². The van der Waals surface area contributed by atoms with E-state index in [2.05, 4.69) is 4.99 Å². The number of nitrogens with zero attached hydrogens (tertiary/aromatic N) is 2. The number of aryl methyl sites for hydroxylation is 1. The van der Waals surface area contributed by atoms with E-state index in [0.29, 0.717) is 16.8 Å². The van der Waals surface area contributed by atoms with Gasteiger partial charge >= 0.3 is 5.25 Å². The Morgan fingerprint density at radius 3 is 2.29 bits per heavy atom.